The first-order valence-corrected chi connectivity index (χ1v) is 18.7. The molecule has 234 valence electrons. The number of fused-ring (bicyclic) bond motifs is 1. The topological polar surface area (TPSA) is 0 Å². The van der Waals surface area contributed by atoms with Crippen LogP contribution in [0.15, 0.2) is 123 Å². The molecule has 0 radical (unpaired) electrons. The lowest BCUT2D eigenvalue weighted by atomic mass is 9.74. The van der Waals surface area contributed by atoms with E-state index in [1.54, 1.807) is 66.7 Å². The van der Waals surface area contributed by atoms with Gasteiger partial charge in [0.15, 0.2) is 0 Å². The third-order valence-corrected chi connectivity index (χ3v) is 13.1. The number of benzene rings is 2. The first-order valence-electron chi connectivity index (χ1n) is 18.7. The van der Waals surface area contributed by atoms with Gasteiger partial charge in [0, 0.05) is 5.41 Å². The molecule has 0 aromatic heterocycles. The highest BCUT2D eigenvalue weighted by Gasteiger charge is 2.39. The lowest BCUT2D eigenvalue weighted by molar-refractivity contribution is 0.567. The van der Waals surface area contributed by atoms with E-state index in [2.05, 4.69) is 92.8 Å². The lowest BCUT2D eigenvalue weighted by Gasteiger charge is -2.30. The number of hydrogen-bond donors (Lipinski definition) is 0. The van der Waals surface area contributed by atoms with E-state index in [0.717, 1.165) is 12.8 Å². The molecule has 2 aromatic rings. The van der Waals surface area contributed by atoms with Gasteiger partial charge in [-0.05, 0) is 183 Å². The average molecular weight is 611 g/mol. The molecule has 0 heterocycles. The summed E-state index contributed by atoms with van der Waals surface area (Å²) in [6.45, 7) is 4.91. The molecule has 0 saturated heterocycles. The van der Waals surface area contributed by atoms with Crippen molar-refractivity contribution >= 4 is 28.5 Å². The molecule has 0 aliphatic heterocycles. The van der Waals surface area contributed by atoms with Gasteiger partial charge in [-0.3, -0.25) is 0 Å². The van der Waals surface area contributed by atoms with Gasteiger partial charge in [0.1, 0.15) is 0 Å². The predicted octanol–water partition coefficient (Wildman–Crippen LogP) is 11.2. The van der Waals surface area contributed by atoms with Crippen LogP contribution in [0.25, 0.3) is 28.5 Å². The van der Waals surface area contributed by atoms with Crippen LogP contribution in [0, 0.1) is 5.41 Å². The maximum Gasteiger partial charge on any atom is 0.0152 e. The Balaban J connectivity index is 0.929. The van der Waals surface area contributed by atoms with E-state index in [0.29, 0.717) is 5.92 Å². The third-order valence-electron chi connectivity index (χ3n) is 13.1. The van der Waals surface area contributed by atoms with Gasteiger partial charge < -0.3 is 0 Å². The van der Waals surface area contributed by atoms with Crippen LogP contribution in [0.5, 0.6) is 0 Å². The van der Waals surface area contributed by atoms with Gasteiger partial charge in [0.2, 0.25) is 0 Å². The molecule has 0 heteroatoms. The highest BCUT2D eigenvalue weighted by Crippen LogP contribution is 2.55. The van der Waals surface area contributed by atoms with Crippen LogP contribution in [0.3, 0.4) is 0 Å². The molecule has 0 amide bonds. The van der Waals surface area contributed by atoms with Crippen LogP contribution in [0.4, 0.5) is 0 Å². The largest absolute Gasteiger partial charge is 0.0839 e. The minimum absolute atomic E-state index is 0.155. The zero-order chi connectivity index (χ0) is 31.3. The summed E-state index contributed by atoms with van der Waals surface area (Å²) in [5.41, 5.74) is 21.0. The van der Waals surface area contributed by atoms with E-state index in [4.69, 9.17) is 0 Å². The van der Waals surface area contributed by atoms with Gasteiger partial charge in [-0.2, -0.15) is 0 Å². The molecular weight excluding hydrogens is 565 g/mol. The molecule has 0 saturated carbocycles. The van der Waals surface area contributed by atoms with Gasteiger partial charge in [-0.25, -0.2) is 0 Å². The Morgan fingerprint density at radius 3 is 2.15 bits per heavy atom. The average Bonchev–Trinajstić information content (AvgIpc) is 3.36. The fourth-order valence-electron chi connectivity index (χ4n) is 10.6. The Kier molecular flexibility index (Phi) is 6.32. The van der Waals surface area contributed by atoms with Crippen molar-refractivity contribution in [3.63, 3.8) is 0 Å². The Labute approximate surface area is 280 Å². The first-order chi connectivity index (χ1) is 23.0. The van der Waals surface area contributed by atoms with Gasteiger partial charge in [0.25, 0.3) is 0 Å². The molecular formula is C47H46. The van der Waals surface area contributed by atoms with Crippen LogP contribution in [-0.2, 0) is 0 Å². The molecule has 0 fully saturated rings. The Hall–Kier alpha value is -3.90. The second-order valence-electron chi connectivity index (χ2n) is 15.9. The van der Waals surface area contributed by atoms with Crippen molar-refractivity contribution in [2.45, 2.75) is 103 Å². The van der Waals surface area contributed by atoms with Crippen LogP contribution in [0.1, 0.15) is 114 Å². The van der Waals surface area contributed by atoms with Crippen molar-refractivity contribution < 1.29 is 0 Å². The fourth-order valence-corrected chi connectivity index (χ4v) is 10.6. The van der Waals surface area contributed by atoms with Crippen LogP contribution < -0.4 is 10.4 Å². The molecule has 8 aliphatic rings. The van der Waals surface area contributed by atoms with E-state index in [-0.39, 0.29) is 5.41 Å². The molecule has 8 aliphatic carbocycles. The molecule has 47 heavy (non-hydrogen) atoms. The van der Waals surface area contributed by atoms with Gasteiger partial charge in [-0.1, -0.05) is 92.8 Å². The minimum Gasteiger partial charge on any atom is -0.0839 e. The van der Waals surface area contributed by atoms with E-state index < -0.39 is 0 Å². The summed E-state index contributed by atoms with van der Waals surface area (Å²) in [7, 11) is 0. The van der Waals surface area contributed by atoms with E-state index in [1.165, 1.54) is 97.6 Å². The minimum atomic E-state index is 0.155. The molecule has 0 N–H and O–H groups in total. The molecule has 1 unspecified atom stereocenters. The smallest absolute Gasteiger partial charge is 0.0152 e. The van der Waals surface area contributed by atoms with Gasteiger partial charge in [-0.15, -0.1) is 0 Å². The van der Waals surface area contributed by atoms with Crippen LogP contribution in [-0.4, -0.2) is 0 Å². The molecule has 0 bridgehead atoms. The quantitative estimate of drug-likeness (QED) is 0.324. The summed E-state index contributed by atoms with van der Waals surface area (Å²) < 4.78 is 0. The molecule has 0 spiro atoms. The first kappa shape index (κ1) is 28.1. The Morgan fingerprint density at radius 1 is 0.617 bits per heavy atom. The second-order valence-corrected chi connectivity index (χ2v) is 15.9. The molecule has 1 atom stereocenters. The van der Waals surface area contributed by atoms with Crippen molar-refractivity contribution in [2.24, 2.45) is 5.41 Å². The normalized spacial score (nSPS) is 25.6. The third kappa shape index (κ3) is 4.33. The summed E-state index contributed by atoms with van der Waals surface area (Å²) in [6.07, 6.45) is 38.3. The molecule has 0 nitrogen and oxygen atoms in total. The number of rotatable bonds is 3. The summed E-state index contributed by atoms with van der Waals surface area (Å²) >= 11 is 0. The van der Waals surface area contributed by atoms with Gasteiger partial charge >= 0.3 is 0 Å². The van der Waals surface area contributed by atoms with Crippen molar-refractivity contribution in [1.29, 1.82) is 0 Å². The summed E-state index contributed by atoms with van der Waals surface area (Å²) in [6, 6.07) is 9.52. The van der Waals surface area contributed by atoms with E-state index in [9.17, 15) is 0 Å². The maximum atomic E-state index is 2.62. The van der Waals surface area contributed by atoms with Gasteiger partial charge in [0.05, 0.1) is 0 Å². The highest BCUT2D eigenvalue weighted by molar-refractivity contribution is 5.92. The zero-order valence-electron chi connectivity index (χ0n) is 28.3. The van der Waals surface area contributed by atoms with Crippen molar-refractivity contribution in [1.82, 2.24) is 0 Å². The number of allylic oxidation sites excluding steroid dienone is 18. The summed E-state index contributed by atoms with van der Waals surface area (Å²) in [5.74, 6) is 0.709. The summed E-state index contributed by atoms with van der Waals surface area (Å²) in [5, 5.41) is 5.97. The predicted molar refractivity (Wildman–Crippen MR) is 199 cm³/mol. The molecule has 2 aromatic carbocycles. The highest BCUT2D eigenvalue weighted by atomic mass is 14.4. The maximum absolute atomic E-state index is 2.62. The van der Waals surface area contributed by atoms with Crippen molar-refractivity contribution in [3.05, 3.63) is 144 Å². The summed E-state index contributed by atoms with van der Waals surface area (Å²) in [4.78, 5) is 0. The lowest BCUT2D eigenvalue weighted by Crippen LogP contribution is -2.26. The van der Waals surface area contributed by atoms with Crippen LogP contribution in [0.2, 0.25) is 0 Å². The fraction of sp³-hybridized carbons (Fsp3) is 0.362. The van der Waals surface area contributed by atoms with E-state index in [1.807, 2.05) is 0 Å². The standard InChI is InChI=1S/C47H46/c1-47(2)43-9-4-3-8-40(43)41-24-22-38(28-44(41)47)37-19-18-35-26-34(16-17-36(35)27-37)29-10-12-30(13-11-29)39-23-20-33-15-14-31-6-5-7-32-21-25-42(39)46(33)45(31)32/h4,6,9-10,12,14-15,20,23,25-28,32H,3,5,7-8,11,13,16-19,21-22,24H2,1-2H3. The van der Waals surface area contributed by atoms with Crippen molar-refractivity contribution in [2.75, 3.05) is 0 Å². The SMILES string of the molecule is CC1(C)C2=C(CCC=C2)C2=C1C=C(C1=CC3=C(C=C(C4=CC=C(c5ccc6ccc7c8c6c5=CCC8CCC=7)CC4)CC3)CC1)CC2. The monoisotopic (exact) mass is 610 g/mol. The van der Waals surface area contributed by atoms with Crippen LogP contribution >= 0.6 is 0 Å². The molecule has 10 rings (SSSR count). The Morgan fingerprint density at radius 2 is 1.32 bits per heavy atom. The second kappa shape index (κ2) is 10.6. The van der Waals surface area contributed by atoms with Crippen molar-refractivity contribution in [3.8, 4) is 0 Å². The number of hydrogen-bond acceptors (Lipinski definition) is 0. The Bertz CT molecular complexity index is 2220. The van der Waals surface area contributed by atoms with E-state index >= 15 is 0 Å². The zero-order valence-corrected chi connectivity index (χ0v) is 28.3.